The van der Waals surface area contributed by atoms with Gasteiger partial charge in [-0.2, -0.15) is 0 Å². The van der Waals surface area contributed by atoms with E-state index < -0.39 is 0 Å². The summed E-state index contributed by atoms with van der Waals surface area (Å²) >= 11 is 0. The molecule has 0 N–H and O–H groups in total. The van der Waals surface area contributed by atoms with Crippen LogP contribution in [0.5, 0.6) is 0 Å². The summed E-state index contributed by atoms with van der Waals surface area (Å²) in [5, 5.41) is 0. The maximum Gasteiger partial charge on any atom is 0.0892 e. The third-order valence-corrected chi connectivity index (χ3v) is 3.00. The van der Waals surface area contributed by atoms with Crippen molar-refractivity contribution >= 4 is 6.01 Å². The molecule has 1 aromatic carbocycles. The molecule has 0 heterocycles. The average molecular weight is 244 g/mol. The highest BCUT2D eigenvalue weighted by Gasteiger charge is 2.01. The molecule has 0 amide bonds. The second-order valence-corrected chi connectivity index (χ2v) is 4.69. The maximum absolute atomic E-state index is 4.25. The molecule has 0 saturated carbocycles. The molecule has 2 heteroatoms. The van der Waals surface area contributed by atoms with Crippen molar-refractivity contribution in [3.63, 3.8) is 0 Å². The van der Waals surface area contributed by atoms with E-state index in [2.05, 4.69) is 54.1 Å². The van der Waals surface area contributed by atoms with Crippen molar-refractivity contribution in [3.05, 3.63) is 35.9 Å². The molecule has 0 aliphatic carbocycles. The Labute approximate surface area is 111 Å². The highest BCUT2D eigenvalue weighted by Crippen LogP contribution is 2.13. The van der Waals surface area contributed by atoms with Crippen LogP contribution in [0.4, 0.5) is 0 Å². The molecular weight excluding hydrogens is 220 g/mol. The number of hydrogen-bond donors (Lipinski definition) is 0. The topological polar surface area (TPSA) is 24.7 Å². The maximum atomic E-state index is 4.25. The van der Waals surface area contributed by atoms with Gasteiger partial charge < -0.3 is 0 Å². The van der Waals surface area contributed by atoms with Crippen molar-refractivity contribution in [2.24, 2.45) is 9.98 Å². The lowest BCUT2D eigenvalue weighted by Gasteiger charge is -2.06. The van der Waals surface area contributed by atoms with Gasteiger partial charge in [-0.15, -0.1) is 0 Å². The van der Waals surface area contributed by atoms with E-state index in [4.69, 9.17) is 0 Å². The molecule has 0 bridgehead atoms. The normalized spacial score (nSPS) is 11.7. The van der Waals surface area contributed by atoms with Crippen LogP contribution in [-0.2, 0) is 0 Å². The first kappa shape index (κ1) is 14.7. The van der Waals surface area contributed by atoms with Gasteiger partial charge in [0.1, 0.15) is 0 Å². The number of benzene rings is 1. The zero-order valence-corrected chi connectivity index (χ0v) is 11.6. The van der Waals surface area contributed by atoms with E-state index >= 15 is 0 Å². The SMILES string of the molecule is CCCCCCN=C=NCC(C)c1ccccc1. The van der Waals surface area contributed by atoms with E-state index in [1.165, 1.54) is 24.8 Å². The van der Waals surface area contributed by atoms with Crippen molar-refractivity contribution < 1.29 is 0 Å². The van der Waals surface area contributed by atoms with Gasteiger partial charge in [-0.25, -0.2) is 9.98 Å². The molecule has 0 aromatic heterocycles. The fourth-order valence-electron chi connectivity index (χ4n) is 1.78. The molecule has 1 unspecified atom stereocenters. The molecule has 1 atom stereocenters. The zero-order valence-electron chi connectivity index (χ0n) is 11.6. The summed E-state index contributed by atoms with van der Waals surface area (Å²) in [6.07, 6.45) is 5.00. The number of rotatable bonds is 8. The first-order valence-electron chi connectivity index (χ1n) is 6.97. The summed E-state index contributed by atoms with van der Waals surface area (Å²) < 4.78 is 0. The Bertz CT molecular complexity index is 364. The van der Waals surface area contributed by atoms with Crippen molar-refractivity contribution in [1.29, 1.82) is 0 Å². The molecule has 0 radical (unpaired) electrons. The Balaban J connectivity index is 2.21. The van der Waals surface area contributed by atoms with E-state index in [0.717, 1.165) is 19.5 Å². The van der Waals surface area contributed by atoms with Crippen LogP contribution in [0.3, 0.4) is 0 Å². The first-order valence-corrected chi connectivity index (χ1v) is 6.97. The van der Waals surface area contributed by atoms with Crippen LogP contribution in [0.1, 0.15) is 51.0 Å². The fraction of sp³-hybridized carbons (Fsp3) is 0.562. The molecule has 18 heavy (non-hydrogen) atoms. The number of nitrogens with zero attached hydrogens (tertiary/aromatic N) is 2. The zero-order chi connectivity index (χ0) is 13.1. The predicted molar refractivity (Wildman–Crippen MR) is 78.6 cm³/mol. The van der Waals surface area contributed by atoms with E-state index in [1.54, 1.807) is 0 Å². The molecular formula is C16H24N2. The summed E-state index contributed by atoms with van der Waals surface area (Å²) in [5.74, 6) is 0.439. The quantitative estimate of drug-likeness (QED) is 0.473. The third-order valence-electron chi connectivity index (χ3n) is 3.00. The van der Waals surface area contributed by atoms with Crippen LogP contribution in [0.25, 0.3) is 0 Å². The van der Waals surface area contributed by atoms with Gasteiger partial charge in [0.05, 0.1) is 12.6 Å². The molecule has 1 aromatic rings. The van der Waals surface area contributed by atoms with Gasteiger partial charge >= 0.3 is 0 Å². The number of hydrogen-bond acceptors (Lipinski definition) is 2. The molecule has 0 aliphatic heterocycles. The standard InChI is InChI=1S/C16H24N2/c1-3-4-5-9-12-17-14-18-13-15(2)16-10-7-6-8-11-16/h6-8,10-11,15H,3-5,9,12-13H2,1-2H3. The van der Waals surface area contributed by atoms with Crippen molar-refractivity contribution in [2.45, 2.75) is 45.4 Å². The van der Waals surface area contributed by atoms with Gasteiger partial charge in [0.15, 0.2) is 0 Å². The van der Waals surface area contributed by atoms with Gasteiger partial charge in [0.2, 0.25) is 0 Å². The number of aliphatic imine (C=N–C) groups is 2. The van der Waals surface area contributed by atoms with Crippen LogP contribution in [0.15, 0.2) is 40.3 Å². The van der Waals surface area contributed by atoms with Crippen molar-refractivity contribution in [2.75, 3.05) is 13.1 Å². The van der Waals surface area contributed by atoms with Gasteiger partial charge in [0, 0.05) is 12.5 Å². The van der Waals surface area contributed by atoms with Crippen LogP contribution in [-0.4, -0.2) is 19.1 Å². The van der Waals surface area contributed by atoms with E-state index in [1.807, 2.05) is 6.07 Å². The lowest BCUT2D eigenvalue weighted by Crippen LogP contribution is -1.96. The Morgan fingerprint density at radius 2 is 1.83 bits per heavy atom. The Hall–Kier alpha value is -1.40. The molecule has 2 nitrogen and oxygen atoms in total. The summed E-state index contributed by atoms with van der Waals surface area (Å²) in [4.78, 5) is 8.44. The first-order chi connectivity index (χ1) is 8.84. The highest BCUT2D eigenvalue weighted by molar-refractivity contribution is 5.41. The molecule has 0 saturated heterocycles. The minimum atomic E-state index is 0.439. The summed E-state index contributed by atoms with van der Waals surface area (Å²) in [6.45, 7) is 6.03. The fourth-order valence-corrected chi connectivity index (χ4v) is 1.78. The molecule has 0 aliphatic rings. The Morgan fingerprint density at radius 1 is 1.06 bits per heavy atom. The smallest absolute Gasteiger partial charge is 0.0892 e. The summed E-state index contributed by atoms with van der Waals surface area (Å²) in [5.41, 5.74) is 1.32. The monoisotopic (exact) mass is 244 g/mol. The van der Waals surface area contributed by atoms with Crippen molar-refractivity contribution in [3.8, 4) is 0 Å². The van der Waals surface area contributed by atoms with Crippen LogP contribution in [0.2, 0.25) is 0 Å². The summed E-state index contributed by atoms with van der Waals surface area (Å²) in [6, 6.07) is 13.3. The molecule has 98 valence electrons. The molecule has 0 fully saturated rings. The predicted octanol–water partition coefficient (Wildman–Crippen LogP) is 4.54. The minimum absolute atomic E-state index is 0.439. The third kappa shape index (κ3) is 6.36. The van der Waals surface area contributed by atoms with Crippen LogP contribution < -0.4 is 0 Å². The van der Waals surface area contributed by atoms with Crippen molar-refractivity contribution in [1.82, 2.24) is 0 Å². The lowest BCUT2D eigenvalue weighted by atomic mass is 10.0. The van der Waals surface area contributed by atoms with Crippen LogP contribution in [0, 0.1) is 0 Å². The Morgan fingerprint density at radius 3 is 2.56 bits per heavy atom. The molecule has 0 spiro atoms. The van der Waals surface area contributed by atoms with Crippen LogP contribution >= 0.6 is 0 Å². The average Bonchev–Trinajstić information content (AvgIpc) is 2.42. The van der Waals surface area contributed by atoms with E-state index in [9.17, 15) is 0 Å². The van der Waals surface area contributed by atoms with Gasteiger partial charge in [-0.3, -0.25) is 0 Å². The second kappa shape index (κ2) is 9.61. The number of unbranched alkanes of at least 4 members (excludes halogenated alkanes) is 3. The largest absolute Gasteiger partial charge is 0.226 e. The molecule has 1 rings (SSSR count). The highest BCUT2D eigenvalue weighted by atomic mass is 14.8. The lowest BCUT2D eigenvalue weighted by molar-refractivity contribution is 0.675. The minimum Gasteiger partial charge on any atom is -0.226 e. The van der Waals surface area contributed by atoms with E-state index in [-0.39, 0.29) is 0 Å². The Kier molecular flexibility index (Phi) is 7.83. The second-order valence-electron chi connectivity index (χ2n) is 4.69. The van der Waals surface area contributed by atoms with Gasteiger partial charge in [0.25, 0.3) is 0 Å². The van der Waals surface area contributed by atoms with Gasteiger partial charge in [-0.05, 0) is 12.0 Å². The summed E-state index contributed by atoms with van der Waals surface area (Å²) in [7, 11) is 0. The van der Waals surface area contributed by atoms with Gasteiger partial charge in [-0.1, -0.05) is 63.4 Å². The van der Waals surface area contributed by atoms with E-state index in [0.29, 0.717) is 5.92 Å².